The Hall–Kier alpha value is -2.46. The number of nitrogens with zero attached hydrogens (tertiary/aromatic N) is 3. The summed E-state index contributed by atoms with van der Waals surface area (Å²) in [5, 5.41) is 2.86. The zero-order chi connectivity index (χ0) is 23.5. The lowest BCUT2D eigenvalue weighted by Crippen LogP contribution is -2.48. The molecule has 8 nitrogen and oxygen atoms in total. The van der Waals surface area contributed by atoms with Crippen LogP contribution in [0.25, 0.3) is 0 Å². The molecule has 0 saturated carbocycles. The summed E-state index contributed by atoms with van der Waals surface area (Å²) in [6.07, 6.45) is 0. The van der Waals surface area contributed by atoms with Gasteiger partial charge in [-0.1, -0.05) is 11.6 Å². The van der Waals surface area contributed by atoms with E-state index in [9.17, 15) is 18.0 Å². The summed E-state index contributed by atoms with van der Waals surface area (Å²) in [5.74, 6) is -0.181. The smallest absolute Gasteiger partial charge is 0.244 e. The molecule has 0 aromatic heterocycles. The number of benzene rings is 2. The monoisotopic (exact) mass is 478 g/mol. The van der Waals surface area contributed by atoms with Crippen LogP contribution < -0.4 is 10.2 Å². The molecule has 0 radical (unpaired) electrons. The largest absolute Gasteiger partial charge is 0.369 e. The third-order valence-corrected chi connectivity index (χ3v) is 7.65. The highest BCUT2D eigenvalue weighted by Crippen LogP contribution is 2.27. The van der Waals surface area contributed by atoms with E-state index in [0.29, 0.717) is 24.3 Å². The Kier molecular flexibility index (Phi) is 7.55. The van der Waals surface area contributed by atoms with E-state index < -0.39 is 10.0 Å². The molecule has 1 aliphatic rings. The van der Waals surface area contributed by atoms with Crippen molar-refractivity contribution in [3.05, 3.63) is 53.1 Å². The Balaban J connectivity index is 1.56. The first kappa shape index (κ1) is 24.2. The van der Waals surface area contributed by atoms with Crippen molar-refractivity contribution in [2.24, 2.45) is 0 Å². The van der Waals surface area contributed by atoms with Crippen molar-refractivity contribution in [3.8, 4) is 0 Å². The van der Waals surface area contributed by atoms with Crippen LogP contribution in [0.15, 0.2) is 47.4 Å². The molecule has 10 heteroatoms. The fourth-order valence-corrected chi connectivity index (χ4v) is 4.84. The SMILES string of the molecule is CC(=O)c1ccc(N2CCN(CC(=O)Nc3ccc(Cl)c(S(=O)(=O)N(C)C)c3)CC2)cc1. The van der Waals surface area contributed by atoms with Gasteiger partial charge in [0.15, 0.2) is 5.78 Å². The van der Waals surface area contributed by atoms with E-state index in [1.165, 1.54) is 26.2 Å². The Morgan fingerprint density at radius 3 is 2.22 bits per heavy atom. The number of hydrogen-bond acceptors (Lipinski definition) is 6. The summed E-state index contributed by atoms with van der Waals surface area (Å²) in [6.45, 7) is 4.70. The number of piperazine rings is 1. The number of anilines is 2. The molecule has 3 rings (SSSR count). The Morgan fingerprint density at radius 2 is 1.66 bits per heavy atom. The van der Waals surface area contributed by atoms with E-state index in [4.69, 9.17) is 11.6 Å². The third kappa shape index (κ3) is 5.66. The van der Waals surface area contributed by atoms with E-state index in [1.807, 2.05) is 29.2 Å². The lowest BCUT2D eigenvalue weighted by molar-refractivity contribution is -0.117. The van der Waals surface area contributed by atoms with Gasteiger partial charge < -0.3 is 10.2 Å². The van der Waals surface area contributed by atoms with Gasteiger partial charge in [-0.3, -0.25) is 14.5 Å². The first-order valence-electron chi connectivity index (χ1n) is 10.2. The molecule has 1 heterocycles. The second-order valence-electron chi connectivity index (χ2n) is 7.85. The van der Waals surface area contributed by atoms with Crippen LogP contribution in [0.5, 0.6) is 0 Å². The number of Topliss-reactive ketones (excluding diaryl/α,β-unsaturated/α-hetero) is 1. The van der Waals surface area contributed by atoms with Crippen molar-refractivity contribution < 1.29 is 18.0 Å². The molecule has 1 amide bonds. The minimum absolute atomic E-state index is 0.0412. The van der Waals surface area contributed by atoms with Crippen LogP contribution in [-0.2, 0) is 14.8 Å². The van der Waals surface area contributed by atoms with Gasteiger partial charge in [-0.15, -0.1) is 0 Å². The lowest BCUT2D eigenvalue weighted by atomic mass is 10.1. The fraction of sp³-hybridized carbons (Fsp3) is 0.364. The van der Waals surface area contributed by atoms with Gasteiger partial charge in [-0.2, -0.15) is 0 Å². The molecule has 1 fully saturated rings. The normalized spacial score (nSPS) is 15.1. The van der Waals surface area contributed by atoms with E-state index in [0.717, 1.165) is 23.1 Å². The second-order valence-corrected chi connectivity index (χ2v) is 10.4. The molecule has 0 atom stereocenters. The summed E-state index contributed by atoms with van der Waals surface area (Å²) in [6, 6.07) is 12.0. The predicted molar refractivity (Wildman–Crippen MR) is 126 cm³/mol. The fourth-order valence-electron chi connectivity index (χ4n) is 3.45. The van der Waals surface area contributed by atoms with Crippen LogP contribution in [0.2, 0.25) is 5.02 Å². The number of halogens is 1. The summed E-state index contributed by atoms with van der Waals surface area (Å²) in [7, 11) is -0.868. The van der Waals surface area contributed by atoms with Gasteiger partial charge in [0.25, 0.3) is 0 Å². The minimum atomic E-state index is -3.72. The molecule has 1 saturated heterocycles. The number of carbonyl (C=O) groups excluding carboxylic acids is 2. The quantitative estimate of drug-likeness (QED) is 0.615. The average Bonchev–Trinajstić information content (AvgIpc) is 2.75. The van der Waals surface area contributed by atoms with Crippen LogP contribution in [0.4, 0.5) is 11.4 Å². The highest BCUT2D eigenvalue weighted by atomic mass is 35.5. The Bertz CT molecular complexity index is 1100. The zero-order valence-corrected chi connectivity index (χ0v) is 19.9. The van der Waals surface area contributed by atoms with Crippen molar-refractivity contribution in [3.63, 3.8) is 0 Å². The molecule has 0 unspecified atom stereocenters. The van der Waals surface area contributed by atoms with E-state index in [-0.39, 0.29) is 28.2 Å². The molecule has 1 aliphatic heterocycles. The van der Waals surface area contributed by atoms with Crippen LogP contribution >= 0.6 is 11.6 Å². The summed E-state index contributed by atoms with van der Waals surface area (Å²) < 4.78 is 25.9. The maximum Gasteiger partial charge on any atom is 0.244 e. The van der Waals surface area contributed by atoms with Crippen LogP contribution in [0.3, 0.4) is 0 Å². The number of amides is 1. The van der Waals surface area contributed by atoms with Crippen molar-refractivity contribution in [2.75, 3.05) is 57.0 Å². The Labute approximate surface area is 193 Å². The molecular weight excluding hydrogens is 452 g/mol. The topological polar surface area (TPSA) is 90.0 Å². The van der Waals surface area contributed by atoms with E-state index in [2.05, 4.69) is 10.2 Å². The number of ketones is 1. The summed E-state index contributed by atoms with van der Waals surface area (Å²) in [5.41, 5.74) is 2.12. The van der Waals surface area contributed by atoms with Gasteiger partial charge in [0, 0.05) is 57.2 Å². The third-order valence-electron chi connectivity index (χ3n) is 5.35. The molecule has 0 spiro atoms. The number of sulfonamides is 1. The average molecular weight is 479 g/mol. The minimum Gasteiger partial charge on any atom is -0.369 e. The van der Waals surface area contributed by atoms with Crippen LogP contribution in [0.1, 0.15) is 17.3 Å². The molecule has 0 aliphatic carbocycles. The number of rotatable bonds is 7. The van der Waals surface area contributed by atoms with Crippen LogP contribution in [-0.4, -0.2) is 76.1 Å². The number of nitrogens with one attached hydrogen (secondary N) is 1. The first-order chi connectivity index (χ1) is 15.1. The van der Waals surface area contributed by atoms with Crippen molar-refractivity contribution in [1.82, 2.24) is 9.21 Å². The Morgan fingerprint density at radius 1 is 1.03 bits per heavy atom. The number of carbonyl (C=O) groups is 2. The molecule has 0 bridgehead atoms. The van der Waals surface area contributed by atoms with Gasteiger partial charge in [0.2, 0.25) is 15.9 Å². The molecule has 172 valence electrons. The summed E-state index contributed by atoms with van der Waals surface area (Å²) >= 11 is 6.06. The van der Waals surface area contributed by atoms with E-state index in [1.54, 1.807) is 13.0 Å². The van der Waals surface area contributed by atoms with Gasteiger partial charge in [0.05, 0.1) is 11.6 Å². The lowest BCUT2D eigenvalue weighted by Gasteiger charge is -2.35. The molecular formula is C22H27ClN4O4S. The first-order valence-corrected chi connectivity index (χ1v) is 12.0. The highest BCUT2D eigenvalue weighted by Gasteiger charge is 2.23. The molecule has 2 aromatic rings. The van der Waals surface area contributed by atoms with E-state index >= 15 is 0 Å². The standard InChI is InChI=1S/C22H27ClN4O4S/c1-16(28)17-4-7-19(8-5-17)27-12-10-26(11-13-27)15-22(29)24-18-6-9-20(23)21(14-18)32(30,31)25(2)3/h4-9,14H,10-13,15H2,1-3H3,(H,24,29). The predicted octanol–water partition coefficient (Wildman–Crippen LogP) is 2.55. The zero-order valence-electron chi connectivity index (χ0n) is 18.3. The number of hydrogen-bond donors (Lipinski definition) is 1. The molecule has 1 N–H and O–H groups in total. The van der Waals surface area contributed by atoms with Crippen molar-refractivity contribution in [2.45, 2.75) is 11.8 Å². The van der Waals surface area contributed by atoms with Gasteiger partial charge in [0.1, 0.15) is 4.90 Å². The van der Waals surface area contributed by atoms with Crippen molar-refractivity contribution in [1.29, 1.82) is 0 Å². The molecule has 2 aromatic carbocycles. The highest BCUT2D eigenvalue weighted by molar-refractivity contribution is 7.89. The van der Waals surface area contributed by atoms with Gasteiger partial charge in [-0.05, 0) is 49.4 Å². The maximum atomic E-state index is 12.5. The van der Waals surface area contributed by atoms with Crippen molar-refractivity contribution >= 4 is 44.7 Å². The second kappa shape index (κ2) is 9.99. The van der Waals surface area contributed by atoms with Gasteiger partial charge in [-0.25, -0.2) is 12.7 Å². The summed E-state index contributed by atoms with van der Waals surface area (Å²) in [4.78, 5) is 28.2. The maximum absolute atomic E-state index is 12.5. The molecule has 32 heavy (non-hydrogen) atoms. The van der Waals surface area contributed by atoms with Crippen LogP contribution in [0, 0.1) is 0 Å². The van der Waals surface area contributed by atoms with Gasteiger partial charge >= 0.3 is 0 Å².